The highest BCUT2D eigenvalue weighted by Crippen LogP contribution is 2.37. The number of carbonyl (C=O) groups excluding carboxylic acids is 1. The molecular weight excluding hydrogens is 456 g/mol. The number of amides is 1. The van der Waals surface area contributed by atoms with E-state index in [1.807, 2.05) is 0 Å². The van der Waals surface area contributed by atoms with Gasteiger partial charge in [0.25, 0.3) is 5.91 Å². The van der Waals surface area contributed by atoms with Gasteiger partial charge >= 0.3 is 0 Å². The smallest absolute Gasteiger partial charge is 0.253 e. The Kier molecular flexibility index (Phi) is 8.58. The first kappa shape index (κ1) is 28.0. The van der Waals surface area contributed by atoms with Gasteiger partial charge in [-0.1, -0.05) is 66.9 Å². The van der Waals surface area contributed by atoms with Crippen molar-refractivity contribution >= 4 is 5.91 Å². The normalized spacial score (nSPS) is 19.7. The van der Waals surface area contributed by atoms with Crippen LogP contribution in [0.2, 0.25) is 0 Å². The molecule has 1 atom stereocenters. The van der Waals surface area contributed by atoms with Gasteiger partial charge in [-0.2, -0.15) is 0 Å². The van der Waals surface area contributed by atoms with E-state index in [1.165, 1.54) is 54.5 Å². The van der Waals surface area contributed by atoms with Gasteiger partial charge in [-0.05, 0) is 90.2 Å². The molecule has 2 aromatic rings. The molecule has 0 bridgehead atoms. The first-order valence-electron chi connectivity index (χ1n) is 14.7. The van der Waals surface area contributed by atoms with E-state index in [1.54, 1.807) is 0 Å². The maximum atomic E-state index is 13.5. The fourth-order valence-electron chi connectivity index (χ4n) is 5.92. The van der Waals surface area contributed by atoms with Crippen molar-refractivity contribution in [3.8, 4) is 11.3 Å². The molecule has 1 N–H and O–H groups in total. The van der Waals surface area contributed by atoms with Gasteiger partial charge in [0.2, 0.25) is 0 Å². The first-order chi connectivity index (χ1) is 17.4. The zero-order valence-electron chi connectivity index (χ0n) is 24.5. The molecule has 1 unspecified atom stereocenters. The Morgan fingerprint density at radius 2 is 1.51 bits per heavy atom. The number of nitrogens with one attached hydrogen (secondary N) is 1. The summed E-state index contributed by atoms with van der Waals surface area (Å²) >= 11 is 0. The van der Waals surface area contributed by atoms with E-state index >= 15 is 0 Å². The summed E-state index contributed by atoms with van der Waals surface area (Å²) in [5, 5.41) is 3.24. The van der Waals surface area contributed by atoms with Crippen molar-refractivity contribution in [2.75, 3.05) is 19.8 Å². The molecule has 4 heteroatoms. The second-order valence-electron chi connectivity index (χ2n) is 13.7. The van der Waals surface area contributed by atoms with Crippen molar-refractivity contribution in [2.24, 2.45) is 11.8 Å². The van der Waals surface area contributed by atoms with Crippen LogP contribution in [0, 0.1) is 18.8 Å². The molecule has 0 radical (unpaired) electrons. The van der Waals surface area contributed by atoms with E-state index in [0.29, 0.717) is 18.4 Å². The third-order valence-corrected chi connectivity index (χ3v) is 8.54. The van der Waals surface area contributed by atoms with Crippen LogP contribution >= 0.6 is 0 Å². The molecule has 1 amide bonds. The lowest BCUT2D eigenvalue weighted by molar-refractivity contribution is 0.0536. The molecular formula is C33H50N2O2. The van der Waals surface area contributed by atoms with Gasteiger partial charge in [-0.15, -0.1) is 0 Å². The lowest BCUT2D eigenvalue weighted by Crippen LogP contribution is -2.33. The molecule has 4 nitrogen and oxygen atoms in total. The highest BCUT2D eigenvalue weighted by molar-refractivity contribution is 5.97. The van der Waals surface area contributed by atoms with Crippen LogP contribution < -0.4 is 5.32 Å². The van der Waals surface area contributed by atoms with Crippen LogP contribution in [0.5, 0.6) is 0 Å². The van der Waals surface area contributed by atoms with Gasteiger partial charge in [0, 0.05) is 31.1 Å². The molecule has 1 saturated carbocycles. The lowest BCUT2D eigenvalue weighted by Gasteiger charge is -2.27. The van der Waals surface area contributed by atoms with Gasteiger partial charge in [0.15, 0.2) is 0 Å². The Morgan fingerprint density at radius 1 is 0.892 bits per heavy atom. The van der Waals surface area contributed by atoms with E-state index in [4.69, 9.17) is 4.74 Å². The Bertz CT molecular complexity index is 1040. The predicted octanol–water partition coefficient (Wildman–Crippen LogP) is 7.80. The zero-order valence-corrected chi connectivity index (χ0v) is 24.5. The summed E-state index contributed by atoms with van der Waals surface area (Å²) in [5.74, 6) is 1.15. The molecule has 204 valence electrons. The maximum Gasteiger partial charge on any atom is 0.253 e. The van der Waals surface area contributed by atoms with E-state index in [0.717, 1.165) is 43.9 Å². The van der Waals surface area contributed by atoms with E-state index in [2.05, 4.69) is 82.6 Å². The van der Waals surface area contributed by atoms with Gasteiger partial charge in [0.1, 0.15) is 0 Å². The molecule has 1 aliphatic carbocycles. The quantitative estimate of drug-likeness (QED) is 0.434. The Hall–Kier alpha value is -2.07. The summed E-state index contributed by atoms with van der Waals surface area (Å²) in [6.45, 7) is 19.2. The Balaban J connectivity index is 1.74. The maximum absolute atomic E-state index is 13.5. The monoisotopic (exact) mass is 506 g/mol. The summed E-state index contributed by atoms with van der Waals surface area (Å²) in [5.41, 5.74) is 7.13. The average molecular weight is 507 g/mol. The largest absolute Gasteiger partial charge is 0.381 e. The molecule has 1 aliphatic heterocycles. The average Bonchev–Trinajstić information content (AvgIpc) is 3.18. The number of hydrogen-bond acceptors (Lipinski definition) is 2. The highest BCUT2D eigenvalue weighted by Gasteiger charge is 2.26. The predicted molar refractivity (Wildman–Crippen MR) is 154 cm³/mol. The van der Waals surface area contributed by atoms with Crippen LogP contribution in [0.15, 0.2) is 24.3 Å². The number of nitrogens with zero attached hydrogens (tertiary/aromatic N) is 1. The van der Waals surface area contributed by atoms with Gasteiger partial charge < -0.3 is 14.6 Å². The molecule has 37 heavy (non-hydrogen) atoms. The summed E-state index contributed by atoms with van der Waals surface area (Å²) < 4.78 is 8.09. The van der Waals surface area contributed by atoms with Crippen molar-refractivity contribution in [1.29, 1.82) is 0 Å². The molecule has 2 heterocycles. The second-order valence-corrected chi connectivity index (χ2v) is 13.7. The molecule has 4 rings (SSSR count). The number of hydrogen-bond donors (Lipinski definition) is 1. The fourth-order valence-corrected chi connectivity index (χ4v) is 5.92. The summed E-state index contributed by atoms with van der Waals surface area (Å²) in [6.07, 6.45) is 8.79. The van der Waals surface area contributed by atoms with Gasteiger partial charge in [-0.3, -0.25) is 4.79 Å². The lowest BCUT2D eigenvalue weighted by atomic mass is 9.79. The highest BCUT2D eigenvalue weighted by atomic mass is 16.5. The van der Waals surface area contributed by atoms with Crippen LogP contribution in [0.25, 0.3) is 11.3 Å². The Morgan fingerprint density at radius 3 is 2.08 bits per heavy atom. The van der Waals surface area contributed by atoms with E-state index < -0.39 is 0 Å². The van der Waals surface area contributed by atoms with E-state index in [9.17, 15) is 4.79 Å². The second kappa shape index (κ2) is 11.4. The van der Waals surface area contributed by atoms with Crippen molar-refractivity contribution in [3.05, 3.63) is 46.6 Å². The number of aromatic nitrogens is 1. The van der Waals surface area contributed by atoms with Crippen LogP contribution in [-0.4, -0.2) is 30.2 Å². The van der Waals surface area contributed by atoms with E-state index in [-0.39, 0.29) is 16.7 Å². The van der Waals surface area contributed by atoms with Gasteiger partial charge in [0.05, 0.1) is 12.2 Å². The van der Waals surface area contributed by atoms with Crippen LogP contribution in [-0.2, 0) is 22.1 Å². The topological polar surface area (TPSA) is 43.3 Å². The standard InChI is InChI=1S/C33H50N2O2/c1-23-29(31(36)34-20-25-14-11-15-37-22-25)19-30(35(23)21-24-12-9-8-10-13-24)26-16-27(32(2,3)4)18-28(17-26)33(5,6)7/h16-19,24-25H,8-15,20-22H2,1-7H3,(H,34,36). The van der Waals surface area contributed by atoms with Crippen LogP contribution in [0.4, 0.5) is 0 Å². The van der Waals surface area contributed by atoms with Crippen molar-refractivity contribution in [1.82, 2.24) is 9.88 Å². The number of rotatable bonds is 6. The summed E-state index contributed by atoms with van der Waals surface area (Å²) in [6, 6.07) is 9.27. The third kappa shape index (κ3) is 6.88. The molecule has 2 aliphatic rings. The minimum Gasteiger partial charge on any atom is -0.381 e. The fraction of sp³-hybridized carbons (Fsp3) is 0.667. The minimum absolute atomic E-state index is 0.0497. The van der Waals surface area contributed by atoms with Crippen molar-refractivity contribution < 1.29 is 9.53 Å². The number of ether oxygens (including phenoxy) is 1. The minimum atomic E-state index is 0.0497. The van der Waals surface area contributed by atoms with Crippen molar-refractivity contribution in [2.45, 2.75) is 111 Å². The molecule has 2 fully saturated rings. The van der Waals surface area contributed by atoms with Crippen molar-refractivity contribution in [3.63, 3.8) is 0 Å². The Labute approximate surface area is 225 Å². The SMILES string of the molecule is Cc1c(C(=O)NCC2CCCOC2)cc(-c2cc(C(C)(C)C)cc(C(C)(C)C)c2)n1CC1CCCCC1. The van der Waals surface area contributed by atoms with Gasteiger partial charge in [-0.25, -0.2) is 0 Å². The molecule has 0 spiro atoms. The number of carbonyl (C=O) groups is 1. The molecule has 1 saturated heterocycles. The first-order valence-corrected chi connectivity index (χ1v) is 14.7. The molecule has 1 aromatic carbocycles. The summed E-state index contributed by atoms with van der Waals surface area (Å²) in [4.78, 5) is 13.5. The molecule has 1 aromatic heterocycles. The zero-order chi connectivity index (χ0) is 26.8. The number of benzene rings is 1. The third-order valence-electron chi connectivity index (χ3n) is 8.54. The summed E-state index contributed by atoms with van der Waals surface area (Å²) in [7, 11) is 0. The van der Waals surface area contributed by atoms with Crippen LogP contribution in [0.1, 0.15) is 114 Å². The van der Waals surface area contributed by atoms with Crippen LogP contribution in [0.3, 0.4) is 0 Å².